The Hall–Kier alpha value is -0.0700. The maximum atomic E-state index is 11.3. The van der Waals surface area contributed by atoms with Gasteiger partial charge in [-0.3, -0.25) is 0 Å². The van der Waals surface area contributed by atoms with Gasteiger partial charge in [-0.15, -0.1) is 11.3 Å². The standard InChI is InChI=1S/C8H8Br2O3S/c1-12-8(11)7-6(13-3-2-9)5(10)4-14-7/h4H,2-3H2,1H3. The molecule has 0 amide bonds. The fourth-order valence-electron chi connectivity index (χ4n) is 0.835. The lowest BCUT2D eigenvalue weighted by Gasteiger charge is -2.04. The van der Waals surface area contributed by atoms with Crippen molar-refractivity contribution < 1.29 is 14.3 Å². The highest BCUT2D eigenvalue weighted by Crippen LogP contribution is 2.35. The zero-order valence-corrected chi connectivity index (χ0v) is 11.4. The molecule has 1 rings (SSSR count). The summed E-state index contributed by atoms with van der Waals surface area (Å²) >= 11 is 7.85. The van der Waals surface area contributed by atoms with E-state index in [1.807, 2.05) is 0 Å². The summed E-state index contributed by atoms with van der Waals surface area (Å²) in [5, 5.41) is 2.52. The van der Waals surface area contributed by atoms with E-state index in [4.69, 9.17) is 4.74 Å². The van der Waals surface area contributed by atoms with Gasteiger partial charge in [-0.1, -0.05) is 15.9 Å². The number of carbonyl (C=O) groups is 1. The molecule has 0 atom stereocenters. The number of esters is 1. The second kappa shape index (κ2) is 5.72. The van der Waals surface area contributed by atoms with E-state index in [2.05, 4.69) is 36.6 Å². The smallest absolute Gasteiger partial charge is 0.351 e. The maximum Gasteiger partial charge on any atom is 0.351 e. The minimum Gasteiger partial charge on any atom is -0.490 e. The minimum atomic E-state index is -0.370. The lowest BCUT2D eigenvalue weighted by molar-refractivity contribution is 0.0602. The van der Waals surface area contributed by atoms with Gasteiger partial charge in [0.15, 0.2) is 10.6 Å². The maximum absolute atomic E-state index is 11.3. The van der Waals surface area contributed by atoms with E-state index in [-0.39, 0.29) is 5.97 Å². The zero-order chi connectivity index (χ0) is 10.6. The van der Waals surface area contributed by atoms with E-state index in [1.165, 1.54) is 18.4 Å². The topological polar surface area (TPSA) is 35.5 Å². The van der Waals surface area contributed by atoms with Crippen LogP contribution >= 0.6 is 43.2 Å². The second-order valence-electron chi connectivity index (χ2n) is 2.27. The first-order chi connectivity index (χ1) is 6.70. The Morgan fingerprint density at radius 2 is 2.36 bits per heavy atom. The number of thiophene rings is 1. The highest BCUT2D eigenvalue weighted by atomic mass is 79.9. The molecule has 1 aromatic heterocycles. The van der Waals surface area contributed by atoms with Crippen molar-refractivity contribution in [3.63, 3.8) is 0 Å². The van der Waals surface area contributed by atoms with Crippen molar-refractivity contribution in [1.82, 2.24) is 0 Å². The summed E-state index contributed by atoms with van der Waals surface area (Å²) in [5.74, 6) is 0.187. The Labute approximate surface area is 103 Å². The Morgan fingerprint density at radius 1 is 1.64 bits per heavy atom. The first-order valence-corrected chi connectivity index (χ1v) is 6.54. The predicted molar refractivity (Wildman–Crippen MR) is 62.6 cm³/mol. The Bertz CT molecular complexity index is 324. The summed E-state index contributed by atoms with van der Waals surface area (Å²) in [6.45, 7) is 0.513. The third kappa shape index (κ3) is 2.71. The largest absolute Gasteiger partial charge is 0.490 e. The van der Waals surface area contributed by atoms with E-state index >= 15 is 0 Å². The summed E-state index contributed by atoms with van der Waals surface area (Å²) < 4.78 is 10.8. The monoisotopic (exact) mass is 342 g/mol. The molecule has 0 aliphatic heterocycles. The zero-order valence-electron chi connectivity index (χ0n) is 7.38. The molecule has 0 aliphatic carbocycles. The van der Waals surface area contributed by atoms with Gasteiger partial charge in [0.2, 0.25) is 0 Å². The number of halogens is 2. The van der Waals surface area contributed by atoms with E-state index in [0.717, 1.165) is 9.80 Å². The van der Waals surface area contributed by atoms with Crippen LogP contribution in [-0.4, -0.2) is 25.0 Å². The van der Waals surface area contributed by atoms with Gasteiger partial charge in [0.25, 0.3) is 0 Å². The van der Waals surface area contributed by atoms with E-state index in [1.54, 1.807) is 5.38 Å². The van der Waals surface area contributed by atoms with Gasteiger partial charge < -0.3 is 9.47 Å². The number of carbonyl (C=O) groups excluding carboxylic acids is 1. The molecule has 0 saturated heterocycles. The highest BCUT2D eigenvalue weighted by molar-refractivity contribution is 9.10. The fourth-order valence-corrected chi connectivity index (χ4v) is 2.50. The van der Waals surface area contributed by atoms with Crippen LogP contribution in [-0.2, 0) is 4.74 Å². The normalized spacial score (nSPS) is 9.93. The van der Waals surface area contributed by atoms with Crippen molar-refractivity contribution in [3.05, 3.63) is 14.7 Å². The van der Waals surface area contributed by atoms with Gasteiger partial charge >= 0.3 is 5.97 Å². The lowest BCUT2D eigenvalue weighted by atomic mass is 10.4. The van der Waals surface area contributed by atoms with Crippen LogP contribution in [0.4, 0.5) is 0 Å². The van der Waals surface area contributed by atoms with Crippen molar-refractivity contribution >= 4 is 49.2 Å². The molecule has 0 fully saturated rings. The van der Waals surface area contributed by atoms with Crippen molar-refractivity contribution in [2.45, 2.75) is 0 Å². The molecule has 14 heavy (non-hydrogen) atoms. The third-order valence-corrected chi connectivity index (χ3v) is 3.55. The number of alkyl halides is 1. The predicted octanol–water partition coefficient (Wildman–Crippen LogP) is 3.07. The molecule has 0 saturated carbocycles. The molecule has 0 aliphatic rings. The molecule has 6 heteroatoms. The number of hydrogen-bond donors (Lipinski definition) is 0. The van der Waals surface area contributed by atoms with Crippen LogP contribution in [0.5, 0.6) is 5.75 Å². The van der Waals surface area contributed by atoms with Crippen molar-refractivity contribution in [2.24, 2.45) is 0 Å². The molecule has 1 heterocycles. The number of rotatable bonds is 4. The van der Waals surface area contributed by atoms with Crippen LogP contribution in [0, 0.1) is 0 Å². The minimum absolute atomic E-state index is 0.370. The van der Waals surface area contributed by atoms with E-state index in [0.29, 0.717) is 17.2 Å². The Morgan fingerprint density at radius 3 is 2.93 bits per heavy atom. The Kier molecular flexibility index (Phi) is 4.91. The molecule has 0 bridgehead atoms. The van der Waals surface area contributed by atoms with Crippen molar-refractivity contribution in [1.29, 1.82) is 0 Å². The molecular weight excluding hydrogens is 336 g/mol. The van der Waals surface area contributed by atoms with Crippen molar-refractivity contribution in [2.75, 3.05) is 19.0 Å². The molecule has 1 aromatic rings. The average Bonchev–Trinajstić information content (AvgIpc) is 2.56. The SMILES string of the molecule is COC(=O)c1scc(Br)c1OCCBr. The van der Waals surface area contributed by atoms with Gasteiger partial charge in [-0.25, -0.2) is 4.79 Å². The molecule has 0 spiro atoms. The van der Waals surface area contributed by atoms with Crippen LogP contribution in [0.2, 0.25) is 0 Å². The van der Waals surface area contributed by atoms with Crippen LogP contribution in [0.25, 0.3) is 0 Å². The van der Waals surface area contributed by atoms with Crippen LogP contribution in [0.1, 0.15) is 9.67 Å². The van der Waals surface area contributed by atoms with E-state index in [9.17, 15) is 4.79 Å². The molecular formula is C8H8Br2O3S. The van der Waals surface area contributed by atoms with Crippen LogP contribution < -0.4 is 4.74 Å². The van der Waals surface area contributed by atoms with Gasteiger partial charge in [0.1, 0.15) is 0 Å². The third-order valence-electron chi connectivity index (χ3n) is 1.40. The number of hydrogen-bond acceptors (Lipinski definition) is 4. The first kappa shape index (κ1) is 12.0. The number of ether oxygens (including phenoxy) is 2. The highest BCUT2D eigenvalue weighted by Gasteiger charge is 2.18. The molecule has 0 unspecified atom stereocenters. The molecule has 0 N–H and O–H groups in total. The summed E-state index contributed by atoms with van der Waals surface area (Å²) in [6, 6.07) is 0. The summed E-state index contributed by atoms with van der Waals surface area (Å²) in [4.78, 5) is 11.8. The van der Waals surface area contributed by atoms with Crippen LogP contribution in [0.15, 0.2) is 9.85 Å². The quantitative estimate of drug-likeness (QED) is 0.622. The van der Waals surface area contributed by atoms with Gasteiger partial charge in [-0.2, -0.15) is 0 Å². The van der Waals surface area contributed by atoms with Crippen molar-refractivity contribution in [3.8, 4) is 5.75 Å². The molecule has 0 aromatic carbocycles. The van der Waals surface area contributed by atoms with Crippen LogP contribution in [0.3, 0.4) is 0 Å². The fraction of sp³-hybridized carbons (Fsp3) is 0.375. The summed E-state index contributed by atoms with van der Waals surface area (Å²) in [5.41, 5.74) is 0. The van der Waals surface area contributed by atoms with Gasteiger partial charge in [-0.05, 0) is 15.9 Å². The Balaban J connectivity index is 2.88. The summed E-state index contributed by atoms with van der Waals surface area (Å²) in [6.07, 6.45) is 0. The van der Waals surface area contributed by atoms with E-state index < -0.39 is 0 Å². The van der Waals surface area contributed by atoms with Gasteiger partial charge in [0.05, 0.1) is 18.2 Å². The molecule has 3 nitrogen and oxygen atoms in total. The summed E-state index contributed by atoms with van der Waals surface area (Å²) in [7, 11) is 1.35. The number of methoxy groups -OCH3 is 1. The average molecular weight is 344 g/mol. The first-order valence-electron chi connectivity index (χ1n) is 3.74. The molecule has 0 radical (unpaired) electrons. The second-order valence-corrected chi connectivity index (χ2v) is 4.80. The van der Waals surface area contributed by atoms with Gasteiger partial charge in [0, 0.05) is 10.7 Å². The lowest BCUT2D eigenvalue weighted by Crippen LogP contribution is -2.04. The molecule has 78 valence electrons.